The standard InChI is InChI=1S/C16H20N4O/c1-3-20(13-7-4-6-12(2)10-13)15(21)14-11-19-9-5-8-17-16(19)18-14/h4,6-7,10-11H,3,5,8-9H2,1-2H3,(H,17,18). The fourth-order valence-corrected chi connectivity index (χ4v) is 2.66. The number of amides is 1. The van der Waals surface area contributed by atoms with Crippen molar-refractivity contribution < 1.29 is 4.79 Å². The summed E-state index contributed by atoms with van der Waals surface area (Å²) in [6.07, 6.45) is 2.91. The lowest BCUT2D eigenvalue weighted by molar-refractivity contribution is 0.0984. The number of fused-ring (bicyclic) bond motifs is 1. The van der Waals surface area contributed by atoms with Gasteiger partial charge in [0.15, 0.2) is 0 Å². The van der Waals surface area contributed by atoms with Crippen molar-refractivity contribution in [2.75, 3.05) is 23.3 Å². The molecule has 0 saturated heterocycles. The van der Waals surface area contributed by atoms with Crippen LogP contribution in [0.3, 0.4) is 0 Å². The van der Waals surface area contributed by atoms with Gasteiger partial charge in [-0.1, -0.05) is 12.1 Å². The number of nitrogens with one attached hydrogen (secondary N) is 1. The summed E-state index contributed by atoms with van der Waals surface area (Å²) in [5.74, 6) is 0.747. The second kappa shape index (κ2) is 5.60. The van der Waals surface area contributed by atoms with Crippen LogP contribution in [0.4, 0.5) is 11.6 Å². The Morgan fingerprint density at radius 2 is 2.33 bits per heavy atom. The van der Waals surface area contributed by atoms with Crippen LogP contribution in [0.1, 0.15) is 29.4 Å². The van der Waals surface area contributed by atoms with E-state index < -0.39 is 0 Å². The molecule has 21 heavy (non-hydrogen) atoms. The Morgan fingerprint density at radius 1 is 1.48 bits per heavy atom. The van der Waals surface area contributed by atoms with Gasteiger partial charge in [-0.2, -0.15) is 0 Å². The number of aromatic nitrogens is 2. The Bertz CT molecular complexity index is 639. The number of hydrogen-bond donors (Lipinski definition) is 1. The largest absolute Gasteiger partial charge is 0.356 e. The number of anilines is 2. The molecule has 3 rings (SSSR count). The van der Waals surface area contributed by atoms with E-state index in [1.165, 1.54) is 0 Å². The monoisotopic (exact) mass is 284 g/mol. The van der Waals surface area contributed by atoms with Gasteiger partial charge in [0.25, 0.3) is 5.91 Å². The van der Waals surface area contributed by atoms with E-state index >= 15 is 0 Å². The highest BCUT2D eigenvalue weighted by Gasteiger charge is 2.21. The fourth-order valence-electron chi connectivity index (χ4n) is 2.66. The average molecular weight is 284 g/mol. The number of nitrogens with zero attached hydrogens (tertiary/aromatic N) is 3. The van der Waals surface area contributed by atoms with E-state index in [0.717, 1.165) is 36.7 Å². The van der Waals surface area contributed by atoms with Gasteiger partial charge < -0.3 is 14.8 Å². The minimum atomic E-state index is -0.0493. The second-order valence-corrected chi connectivity index (χ2v) is 5.31. The molecule has 1 aliphatic rings. The summed E-state index contributed by atoms with van der Waals surface area (Å²) in [5, 5.41) is 3.22. The summed E-state index contributed by atoms with van der Waals surface area (Å²) in [5.41, 5.74) is 2.56. The first-order valence-electron chi connectivity index (χ1n) is 7.38. The van der Waals surface area contributed by atoms with Crippen LogP contribution in [-0.4, -0.2) is 28.5 Å². The lowest BCUT2D eigenvalue weighted by Gasteiger charge is -2.20. The highest BCUT2D eigenvalue weighted by Crippen LogP contribution is 2.20. The molecule has 1 N–H and O–H groups in total. The summed E-state index contributed by atoms with van der Waals surface area (Å²) in [4.78, 5) is 18.9. The SMILES string of the molecule is CCN(C(=O)c1cn2c(n1)NCCC2)c1cccc(C)c1. The molecule has 5 heteroatoms. The van der Waals surface area contributed by atoms with Crippen molar-refractivity contribution in [3.63, 3.8) is 0 Å². The highest BCUT2D eigenvalue weighted by molar-refractivity contribution is 6.05. The number of aryl methyl sites for hydroxylation is 2. The minimum Gasteiger partial charge on any atom is -0.356 e. The summed E-state index contributed by atoms with van der Waals surface area (Å²) < 4.78 is 2.01. The number of benzene rings is 1. The van der Waals surface area contributed by atoms with Crippen molar-refractivity contribution in [3.8, 4) is 0 Å². The van der Waals surface area contributed by atoms with Crippen LogP contribution in [0.2, 0.25) is 0 Å². The molecule has 1 amide bonds. The van der Waals surface area contributed by atoms with E-state index in [1.807, 2.05) is 48.9 Å². The van der Waals surface area contributed by atoms with E-state index in [4.69, 9.17) is 0 Å². The molecule has 1 aromatic heterocycles. The lowest BCUT2D eigenvalue weighted by Crippen LogP contribution is -2.30. The fraction of sp³-hybridized carbons (Fsp3) is 0.375. The Hall–Kier alpha value is -2.30. The number of rotatable bonds is 3. The Kier molecular flexibility index (Phi) is 3.64. The number of carbonyl (C=O) groups is 1. The summed E-state index contributed by atoms with van der Waals surface area (Å²) in [6, 6.07) is 7.99. The predicted molar refractivity (Wildman–Crippen MR) is 83.9 cm³/mol. The maximum absolute atomic E-state index is 12.7. The Morgan fingerprint density at radius 3 is 3.05 bits per heavy atom. The molecule has 0 aliphatic carbocycles. The quantitative estimate of drug-likeness (QED) is 0.942. The lowest BCUT2D eigenvalue weighted by atomic mass is 10.2. The van der Waals surface area contributed by atoms with Crippen LogP contribution in [-0.2, 0) is 6.54 Å². The van der Waals surface area contributed by atoms with Crippen molar-refractivity contribution in [2.45, 2.75) is 26.8 Å². The van der Waals surface area contributed by atoms with E-state index in [0.29, 0.717) is 12.2 Å². The van der Waals surface area contributed by atoms with Gasteiger partial charge in [0.05, 0.1) is 0 Å². The predicted octanol–water partition coefficient (Wildman–Crippen LogP) is 2.67. The molecule has 0 spiro atoms. The molecule has 0 bridgehead atoms. The third-order valence-corrected chi connectivity index (χ3v) is 3.73. The normalized spacial score (nSPS) is 13.4. The van der Waals surface area contributed by atoms with Gasteiger partial charge in [-0.15, -0.1) is 0 Å². The van der Waals surface area contributed by atoms with Gasteiger partial charge in [0.1, 0.15) is 5.69 Å². The third-order valence-electron chi connectivity index (χ3n) is 3.73. The number of imidazole rings is 1. The first-order valence-corrected chi connectivity index (χ1v) is 7.38. The molecule has 2 heterocycles. The zero-order valence-electron chi connectivity index (χ0n) is 12.5. The zero-order chi connectivity index (χ0) is 14.8. The van der Waals surface area contributed by atoms with Gasteiger partial charge in [-0.3, -0.25) is 4.79 Å². The average Bonchev–Trinajstić information content (AvgIpc) is 2.92. The van der Waals surface area contributed by atoms with Gasteiger partial charge in [-0.25, -0.2) is 4.98 Å². The van der Waals surface area contributed by atoms with Gasteiger partial charge in [0, 0.05) is 31.5 Å². The van der Waals surface area contributed by atoms with Gasteiger partial charge in [0.2, 0.25) is 5.95 Å². The second-order valence-electron chi connectivity index (χ2n) is 5.31. The van der Waals surface area contributed by atoms with Crippen LogP contribution >= 0.6 is 0 Å². The maximum Gasteiger partial charge on any atom is 0.278 e. The number of carbonyl (C=O) groups excluding carboxylic acids is 1. The maximum atomic E-state index is 12.7. The van der Waals surface area contributed by atoms with Crippen LogP contribution in [0, 0.1) is 6.92 Å². The van der Waals surface area contributed by atoms with Crippen molar-refractivity contribution in [2.24, 2.45) is 0 Å². The molecule has 0 atom stereocenters. The van der Waals surface area contributed by atoms with E-state index in [1.54, 1.807) is 4.90 Å². The molecular weight excluding hydrogens is 264 g/mol. The van der Waals surface area contributed by atoms with Gasteiger partial charge >= 0.3 is 0 Å². The van der Waals surface area contributed by atoms with Crippen molar-refractivity contribution in [3.05, 3.63) is 41.7 Å². The summed E-state index contributed by atoms with van der Waals surface area (Å²) in [7, 11) is 0. The molecule has 0 saturated carbocycles. The zero-order valence-corrected chi connectivity index (χ0v) is 12.5. The van der Waals surface area contributed by atoms with E-state index in [2.05, 4.69) is 10.3 Å². The molecule has 5 nitrogen and oxygen atoms in total. The molecule has 0 fully saturated rings. The van der Waals surface area contributed by atoms with Crippen LogP contribution < -0.4 is 10.2 Å². The summed E-state index contributed by atoms with van der Waals surface area (Å²) in [6.45, 7) is 6.46. The molecule has 2 aromatic rings. The van der Waals surface area contributed by atoms with Crippen molar-refractivity contribution in [1.82, 2.24) is 9.55 Å². The smallest absolute Gasteiger partial charge is 0.278 e. The molecular formula is C16H20N4O. The van der Waals surface area contributed by atoms with Crippen molar-refractivity contribution >= 4 is 17.5 Å². The first kappa shape index (κ1) is 13.7. The third kappa shape index (κ3) is 2.63. The van der Waals surface area contributed by atoms with Crippen molar-refractivity contribution in [1.29, 1.82) is 0 Å². The number of hydrogen-bond acceptors (Lipinski definition) is 3. The van der Waals surface area contributed by atoms with Crippen LogP contribution in [0.25, 0.3) is 0 Å². The van der Waals surface area contributed by atoms with Gasteiger partial charge in [-0.05, 0) is 38.0 Å². The van der Waals surface area contributed by atoms with E-state index in [-0.39, 0.29) is 5.91 Å². The molecule has 0 unspecified atom stereocenters. The minimum absolute atomic E-state index is 0.0493. The Labute approximate surface area is 124 Å². The molecule has 1 aliphatic heterocycles. The Balaban J connectivity index is 1.90. The summed E-state index contributed by atoms with van der Waals surface area (Å²) >= 11 is 0. The topological polar surface area (TPSA) is 50.2 Å². The molecule has 0 radical (unpaired) electrons. The van der Waals surface area contributed by atoms with Crippen LogP contribution in [0.5, 0.6) is 0 Å². The first-order chi connectivity index (χ1) is 10.2. The highest BCUT2D eigenvalue weighted by atomic mass is 16.2. The molecule has 1 aromatic carbocycles. The molecule has 110 valence electrons. The van der Waals surface area contributed by atoms with Crippen LogP contribution in [0.15, 0.2) is 30.5 Å². The van der Waals surface area contributed by atoms with E-state index in [9.17, 15) is 4.79 Å².